The van der Waals surface area contributed by atoms with E-state index in [-0.39, 0.29) is 0 Å². The van der Waals surface area contributed by atoms with Crippen LogP contribution in [-0.4, -0.2) is 48.9 Å². The summed E-state index contributed by atoms with van der Waals surface area (Å²) in [4.78, 5) is 11.5. The lowest BCUT2D eigenvalue weighted by Crippen LogP contribution is -2.33. The summed E-state index contributed by atoms with van der Waals surface area (Å²) in [5.74, 6) is 0.720. The molecular weight excluding hydrogens is 368 g/mol. The molecule has 2 aliphatic heterocycles. The highest BCUT2D eigenvalue weighted by molar-refractivity contribution is 7.89. The van der Waals surface area contributed by atoms with E-state index >= 15 is 0 Å². The molecule has 3 aromatic rings. The molecule has 0 N–H and O–H groups in total. The number of thiazole rings is 1. The molecule has 2 saturated heterocycles. The van der Waals surface area contributed by atoms with Crippen LogP contribution in [0.4, 0.5) is 5.13 Å². The van der Waals surface area contributed by atoms with E-state index in [0.29, 0.717) is 29.8 Å². The van der Waals surface area contributed by atoms with Gasteiger partial charge in [-0.15, -0.1) is 0 Å². The van der Waals surface area contributed by atoms with Gasteiger partial charge in [0.2, 0.25) is 10.0 Å². The monoisotopic (exact) mass is 386 g/mol. The number of anilines is 1. The second kappa shape index (κ2) is 6.00. The number of aromatic nitrogens is 2. The average Bonchev–Trinajstić information content (AvgIpc) is 3.34. The van der Waals surface area contributed by atoms with E-state index in [0.717, 1.165) is 28.4 Å². The first kappa shape index (κ1) is 16.2. The number of pyridine rings is 1. The van der Waals surface area contributed by atoms with Crippen LogP contribution in [0.5, 0.6) is 0 Å². The smallest absolute Gasteiger partial charge is 0.243 e. The first-order chi connectivity index (χ1) is 12.6. The van der Waals surface area contributed by atoms with Crippen molar-refractivity contribution in [3.8, 4) is 0 Å². The summed E-state index contributed by atoms with van der Waals surface area (Å²) in [6.45, 7) is 2.90. The summed E-state index contributed by atoms with van der Waals surface area (Å²) in [6, 6.07) is 10.7. The van der Waals surface area contributed by atoms with Crippen LogP contribution in [0.1, 0.15) is 0 Å². The number of hydrogen-bond donors (Lipinski definition) is 0. The third-order valence-electron chi connectivity index (χ3n) is 5.28. The van der Waals surface area contributed by atoms with Crippen molar-refractivity contribution >= 4 is 36.7 Å². The molecule has 134 valence electrons. The fraction of sp³-hybridized carbons (Fsp3) is 0.333. The van der Waals surface area contributed by atoms with Gasteiger partial charge in [0, 0.05) is 32.4 Å². The molecule has 2 unspecified atom stereocenters. The van der Waals surface area contributed by atoms with Gasteiger partial charge in [0.05, 0.1) is 15.8 Å². The van der Waals surface area contributed by atoms with E-state index in [1.54, 1.807) is 52.3 Å². The van der Waals surface area contributed by atoms with Crippen LogP contribution >= 0.6 is 11.3 Å². The molecule has 0 amide bonds. The number of hydrogen-bond acceptors (Lipinski definition) is 6. The number of nitrogens with zero attached hydrogens (tertiary/aromatic N) is 4. The molecule has 6 nitrogen and oxygen atoms in total. The number of sulfonamides is 1. The lowest BCUT2D eigenvalue weighted by Gasteiger charge is -2.21. The van der Waals surface area contributed by atoms with Crippen LogP contribution in [-0.2, 0) is 10.0 Å². The first-order valence-electron chi connectivity index (χ1n) is 8.62. The lowest BCUT2D eigenvalue weighted by molar-refractivity contribution is 0.453. The second-order valence-electron chi connectivity index (χ2n) is 6.90. The van der Waals surface area contributed by atoms with Crippen molar-refractivity contribution in [1.82, 2.24) is 14.3 Å². The molecule has 0 saturated carbocycles. The maximum atomic E-state index is 12.8. The van der Waals surface area contributed by atoms with Crippen LogP contribution in [0.25, 0.3) is 10.2 Å². The van der Waals surface area contributed by atoms with Gasteiger partial charge in [0.25, 0.3) is 0 Å². The van der Waals surface area contributed by atoms with Crippen molar-refractivity contribution in [3.05, 3.63) is 48.8 Å². The van der Waals surface area contributed by atoms with Crippen LogP contribution in [0.3, 0.4) is 0 Å². The summed E-state index contributed by atoms with van der Waals surface area (Å²) in [6.07, 6.45) is 3.58. The van der Waals surface area contributed by atoms with Gasteiger partial charge in [0.15, 0.2) is 5.13 Å². The van der Waals surface area contributed by atoms with Gasteiger partial charge in [-0.05, 0) is 30.0 Å². The van der Waals surface area contributed by atoms with Gasteiger partial charge >= 0.3 is 0 Å². The summed E-state index contributed by atoms with van der Waals surface area (Å²) >= 11 is 1.68. The Morgan fingerprint density at radius 2 is 1.73 bits per heavy atom. The molecule has 2 aliphatic rings. The average molecular weight is 387 g/mol. The molecular formula is C18H18N4O2S2. The quantitative estimate of drug-likeness (QED) is 0.692. The topological polar surface area (TPSA) is 66.4 Å². The molecule has 2 atom stereocenters. The van der Waals surface area contributed by atoms with E-state index in [1.807, 2.05) is 12.1 Å². The van der Waals surface area contributed by atoms with Crippen molar-refractivity contribution in [2.45, 2.75) is 4.90 Å². The molecule has 8 heteroatoms. The van der Waals surface area contributed by atoms with Crippen molar-refractivity contribution in [3.63, 3.8) is 0 Å². The Labute approximate surface area is 156 Å². The van der Waals surface area contributed by atoms with Crippen LogP contribution in [0.15, 0.2) is 53.7 Å². The van der Waals surface area contributed by atoms with E-state index in [9.17, 15) is 8.42 Å². The van der Waals surface area contributed by atoms with Crippen molar-refractivity contribution < 1.29 is 8.42 Å². The lowest BCUT2D eigenvalue weighted by atomic mass is 10.0. The summed E-state index contributed by atoms with van der Waals surface area (Å²) in [5.41, 5.74) is 0.929. The largest absolute Gasteiger partial charge is 0.347 e. The van der Waals surface area contributed by atoms with Crippen molar-refractivity contribution in [1.29, 1.82) is 0 Å². The Bertz CT molecular complexity index is 1000. The molecule has 26 heavy (non-hydrogen) atoms. The molecule has 0 bridgehead atoms. The predicted octanol–water partition coefficient (Wildman–Crippen LogP) is 2.45. The standard InChI is InChI=1S/C18H18N4O2S2/c23-26(24,15-4-2-1-3-5-15)22-11-13-9-21(10-14(13)12-22)18-20-16-8-19-7-6-17(16)25-18/h1-8,13-14H,9-12H2. The fourth-order valence-corrected chi connectivity index (χ4v) is 6.47. The Hall–Kier alpha value is -2.03. The summed E-state index contributed by atoms with van der Waals surface area (Å²) in [5, 5.41) is 1.01. The van der Waals surface area contributed by atoms with Crippen LogP contribution < -0.4 is 4.90 Å². The summed E-state index contributed by atoms with van der Waals surface area (Å²) in [7, 11) is -3.39. The van der Waals surface area contributed by atoms with Crippen LogP contribution in [0, 0.1) is 11.8 Å². The minimum Gasteiger partial charge on any atom is -0.347 e. The van der Waals surface area contributed by atoms with Crippen molar-refractivity contribution in [2.75, 3.05) is 31.1 Å². The predicted molar refractivity (Wildman–Crippen MR) is 102 cm³/mol. The highest BCUT2D eigenvalue weighted by Gasteiger charge is 2.44. The minimum absolute atomic E-state index is 0.360. The normalized spacial score (nSPS) is 23.6. The first-order valence-corrected chi connectivity index (χ1v) is 10.9. The molecule has 0 radical (unpaired) electrons. The van der Waals surface area contributed by atoms with Crippen molar-refractivity contribution in [2.24, 2.45) is 11.8 Å². The number of rotatable bonds is 3. The maximum absolute atomic E-state index is 12.8. The van der Waals surface area contributed by atoms with Gasteiger partial charge in [0.1, 0.15) is 5.52 Å². The Morgan fingerprint density at radius 3 is 2.42 bits per heavy atom. The van der Waals surface area contributed by atoms with E-state index in [4.69, 9.17) is 0 Å². The second-order valence-corrected chi connectivity index (χ2v) is 9.85. The molecule has 2 aromatic heterocycles. The number of benzene rings is 1. The SMILES string of the molecule is O=S(=O)(c1ccccc1)N1CC2CN(c3nc4cnccc4s3)CC2C1. The zero-order chi connectivity index (χ0) is 17.7. The highest BCUT2D eigenvalue weighted by atomic mass is 32.2. The minimum atomic E-state index is -3.39. The third kappa shape index (κ3) is 2.60. The third-order valence-corrected chi connectivity index (χ3v) is 8.23. The Kier molecular flexibility index (Phi) is 3.73. The van der Waals surface area contributed by atoms with Gasteiger partial charge in [-0.3, -0.25) is 4.98 Å². The molecule has 2 fully saturated rings. The molecule has 0 spiro atoms. The number of fused-ring (bicyclic) bond motifs is 2. The maximum Gasteiger partial charge on any atom is 0.243 e. The molecule has 5 rings (SSSR count). The molecule has 0 aliphatic carbocycles. The Morgan fingerprint density at radius 1 is 1.00 bits per heavy atom. The van der Waals surface area contributed by atoms with Crippen LogP contribution in [0.2, 0.25) is 0 Å². The summed E-state index contributed by atoms with van der Waals surface area (Å²) < 4.78 is 28.4. The fourth-order valence-electron chi connectivity index (χ4n) is 3.95. The zero-order valence-electron chi connectivity index (χ0n) is 14.0. The highest BCUT2D eigenvalue weighted by Crippen LogP contribution is 2.38. The van der Waals surface area contributed by atoms with Gasteiger partial charge in [-0.25, -0.2) is 13.4 Å². The van der Waals surface area contributed by atoms with E-state index in [2.05, 4.69) is 14.9 Å². The van der Waals surface area contributed by atoms with E-state index in [1.165, 1.54) is 0 Å². The van der Waals surface area contributed by atoms with Gasteiger partial charge in [-0.2, -0.15) is 4.31 Å². The Balaban J connectivity index is 1.33. The van der Waals surface area contributed by atoms with E-state index < -0.39 is 10.0 Å². The van der Waals surface area contributed by atoms with Gasteiger partial charge < -0.3 is 4.90 Å². The zero-order valence-corrected chi connectivity index (χ0v) is 15.7. The van der Waals surface area contributed by atoms with Gasteiger partial charge in [-0.1, -0.05) is 29.5 Å². The molecule has 1 aromatic carbocycles. The molecule has 4 heterocycles.